The van der Waals surface area contributed by atoms with Gasteiger partial charge in [-0.25, -0.2) is 9.67 Å². The number of aromatic nitrogens is 3. The monoisotopic (exact) mass is 236 g/mol. The number of ether oxygens (including phenoxy) is 1. The van der Waals surface area contributed by atoms with E-state index in [0.29, 0.717) is 18.2 Å². The highest BCUT2D eigenvalue weighted by molar-refractivity contribution is 4.95. The molecule has 0 amide bonds. The molecule has 1 aromatic rings. The zero-order chi connectivity index (χ0) is 11.7. The summed E-state index contributed by atoms with van der Waals surface area (Å²) in [6.07, 6.45) is 7.29. The molecule has 5 heteroatoms. The fraction of sp³-hybridized carbons (Fsp3) is 0.833. The van der Waals surface area contributed by atoms with Gasteiger partial charge in [-0.3, -0.25) is 0 Å². The maximum atomic E-state index is 5.83. The van der Waals surface area contributed by atoms with Gasteiger partial charge < -0.3 is 10.1 Å². The van der Waals surface area contributed by atoms with Gasteiger partial charge in [-0.15, -0.1) is 0 Å². The van der Waals surface area contributed by atoms with Crippen molar-refractivity contribution in [2.24, 2.45) is 0 Å². The van der Waals surface area contributed by atoms with Crippen molar-refractivity contribution in [2.45, 2.75) is 63.9 Å². The highest BCUT2D eigenvalue weighted by Crippen LogP contribution is 2.34. The molecule has 0 spiro atoms. The first-order valence-corrected chi connectivity index (χ1v) is 6.62. The molecule has 2 aliphatic rings. The Kier molecular flexibility index (Phi) is 3.11. The number of fused-ring (bicyclic) bond motifs is 2. The normalized spacial score (nSPS) is 31.2. The fourth-order valence-corrected chi connectivity index (χ4v) is 2.90. The lowest BCUT2D eigenvalue weighted by molar-refractivity contribution is 0.0971. The van der Waals surface area contributed by atoms with Crippen LogP contribution in [-0.4, -0.2) is 33.0 Å². The predicted octanol–water partition coefficient (Wildman–Crippen LogP) is 1.10. The van der Waals surface area contributed by atoms with Gasteiger partial charge in [-0.05, 0) is 25.7 Å². The van der Waals surface area contributed by atoms with Gasteiger partial charge in [-0.1, -0.05) is 6.92 Å². The Balaban J connectivity index is 1.55. The molecule has 3 rings (SSSR count). The van der Waals surface area contributed by atoms with Crippen molar-refractivity contribution < 1.29 is 4.74 Å². The van der Waals surface area contributed by atoms with Crippen LogP contribution in [-0.2, 0) is 17.8 Å². The molecule has 3 unspecified atom stereocenters. The Morgan fingerprint density at radius 1 is 1.53 bits per heavy atom. The van der Waals surface area contributed by atoms with Crippen LogP contribution in [0.25, 0.3) is 0 Å². The lowest BCUT2D eigenvalue weighted by atomic mass is 9.95. The van der Waals surface area contributed by atoms with E-state index in [1.807, 2.05) is 4.68 Å². The number of rotatable bonds is 5. The number of aryl methyl sites for hydroxylation is 1. The third-order valence-electron chi connectivity index (χ3n) is 3.76. The van der Waals surface area contributed by atoms with Gasteiger partial charge in [0.1, 0.15) is 12.2 Å². The summed E-state index contributed by atoms with van der Waals surface area (Å²) >= 11 is 0. The van der Waals surface area contributed by atoms with Crippen LogP contribution in [0.4, 0.5) is 0 Å². The maximum Gasteiger partial charge on any atom is 0.140 e. The van der Waals surface area contributed by atoms with Crippen LogP contribution in [0.1, 0.15) is 38.4 Å². The first kappa shape index (κ1) is 11.2. The van der Waals surface area contributed by atoms with Crippen LogP contribution in [0.5, 0.6) is 0 Å². The van der Waals surface area contributed by atoms with E-state index >= 15 is 0 Å². The number of hydrogen-bond donors (Lipinski definition) is 1. The van der Waals surface area contributed by atoms with Crippen LogP contribution in [0, 0.1) is 0 Å². The third kappa shape index (κ3) is 2.21. The molecule has 0 radical (unpaired) electrons. The molecule has 0 saturated carbocycles. The second-order valence-electron chi connectivity index (χ2n) is 5.00. The van der Waals surface area contributed by atoms with E-state index in [-0.39, 0.29) is 0 Å². The van der Waals surface area contributed by atoms with E-state index in [2.05, 4.69) is 22.3 Å². The Morgan fingerprint density at radius 2 is 2.47 bits per heavy atom. The van der Waals surface area contributed by atoms with Crippen molar-refractivity contribution >= 4 is 0 Å². The number of nitrogens with one attached hydrogen (secondary N) is 1. The Bertz CT molecular complexity index is 378. The molecule has 0 aliphatic carbocycles. The summed E-state index contributed by atoms with van der Waals surface area (Å²) in [6, 6.07) is 0.514. The minimum Gasteiger partial charge on any atom is -0.373 e. The summed E-state index contributed by atoms with van der Waals surface area (Å²) in [5.41, 5.74) is 0. The molecule has 0 aromatic carbocycles. The minimum atomic E-state index is 0.433. The van der Waals surface area contributed by atoms with Crippen molar-refractivity contribution in [2.75, 3.05) is 0 Å². The fourth-order valence-electron chi connectivity index (χ4n) is 2.90. The Morgan fingerprint density at radius 3 is 3.18 bits per heavy atom. The first-order valence-electron chi connectivity index (χ1n) is 6.62. The van der Waals surface area contributed by atoms with Crippen molar-refractivity contribution in [3.63, 3.8) is 0 Å². The van der Waals surface area contributed by atoms with Crippen LogP contribution in [0.15, 0.2) is 6.33 Å². The van der Waals surface area contributed by atoms with E-state index < -0.39 is 0 Å². The van der Waals surface area contributed by atoms with Gasteiger partial charge in [0.05, 0.1) is 18.8 Å². The van der Waals surface area contributed by atoms with Crippen LogP contribution < -0.4 is 5.32 Å². The molecule has 17 heavy (non-hydrogen) atoms. The molecule has 94 valence electrons. The lowest BCUT2D eigenvalue weighted by Gasteiger charge is -2.19. The Labute approximate surface area is 102 Å². The summed E-state index contributed by atoms with van der Waals surface area (Å²) < 4.78 is 7.81. The average molecular weight is 236 g/mol. The lowest BCUT2D eigenvalue weighted by Crippen LogP contribution is -2.37. The molecule has 3 heterocycles. The van der Waals surface area contributed by atoms with E-state index in [1.54, 1.807) is 6.33 Å². The zero-order valence-electron chi connectivity index (χ0n) is 10.3. The summed E-state index contributed by atoms with van der Waals surface area (Å²) in [5.74, 6) is 1.04. The van der Waals surface area contributed by atoms with Crippen LogP contribution in [0.3, 0.4) is 0 Å². The predicted molar refractivity (Wildman–Crippen MR) is 63.5 cm³/mol. The zero-order valence-corrected chi connectivity index (χ0v) is 10.3. The standard InChI is InChI=1S/C12H20N4O/c1-2-5-16-12(14-8-15-16)7-13-10-6-9-3-4-11(10)17-9/h8-11,13H,2-7H2,1H3. The average Bonchev–Trinajstić information content (AvgIpc) is 3.02. The molecule has 5 nitrogen and oxygen atoms in total. The molecule has 2 fully saturated rings. The summed E-state index contributed by atoms with van der Waals surface area (Å²) in [7, 11) is 0. The van der Waals surface area contributed by atoms with Gasteiger partial charge in [0.25, 0.3) is 0 Å². The molecule has 2 bridgehead atoms. The highest BCUT2D eigenvalue weighted by Gasteiger charge is 2.40. The van der Waals surface area contributed by atoms with Crippen LogP contribution in [0.2, 0.25) is 0 Å². The largest absolute Gasteiger partial charge is 0.373 e. The maximum absolute atomic E-state index is 5.83. The smallest absolute Gasteiger partial charge is 0.140 e. The molecule has 1 aromatic heterocycles. The molecular formula is C12H20N4O. The second kappa shape index (κ2) is 4.74. The highest BCUT2D eigenvalue weighted by atomic mass is 16.5. The third-order valence-corrected chi connectivity index (χ3v) is 3.76. The van der Waals surface area contributed by atoms with Crippen molar-refractivity contribution in [1.82, 2.24) is 20.1 Å². The number of hydrogen-bond acceptors (Lipinski definition) is 4. The van der Waals surface area contributed by atoms with E-state index in [9.17, 15) is 0 Å². The van der Waals surface area contributed by atoms with Crippen molar-refractivity contribution in [3.05, 3.63) is 12.2 Å². The molecule has 1 N–H and O–H groups in total. The number of nitrogens with zero attached hydrogens (tertiary/aromatic N) is 3. The minimum absolute atomic E-state index is 0.433. The van der Waals surface area contributed by atoms with Gasteiger partial charge in [0, 0.05) is 12.6 Å². The SMILES string of the molecule is CCCn1ncnc1CNC1CC2CCC1O2. The molecule has 2 aliphatic heterocycles. The van der Waals surface area contributed by atoms with E-state index in [4.69, 9.17) is 4.74 Å². The van der Waals surface area contributed by atoms with Gasteiger partial charge >= 0.3 is 0 Å². The quantitative estimate of drug-likeness (QED) is 0.831. The van der Waals surface area contributed by atoms with Gasteiger partial charge in [0.2, 0.25) is 0 Å². The van der Waals surface area contributed by atoms with E-state index in [1.165, 1.54) is 12.8 Å². The first-order chi connectivity index (χ1) is 8.36. The van der Waals surface area contributed by atoms with E-state index in [0.717, 1.165) is 31.8 Å². The van der Waals surface area contributed by atoms with Gasteiger partial charge in [-0.2, -0.15) is 5.10 Å². The van der Waals surface area contributed by atoms with Crippen molar-refractivity contribution in [1.29, 1.82) is 0 Å². The molecule has 2 saturated heterocycles. The molecular weight excluding hydrogens is 216 g/mol. The topological polar surface area (TPSA) is 52.0 Å². The van der Waals surface area contributed by atoms with Crippen LogP contribution >= 0.6 is 0 Å². The second-order valence-corrected chi connectivity index (χ2v) is 5.00. The summed E-state index contributed by atoms with van der Waals surface area (Å²) in [6.45, 7) is 3.91. The summed E-state index contributed by atoms with van der Waals surface area (Å²) in [4.78, 5) is 4.31. The van der Waals surface area contributed by atoms with Crippen molar-refractivity contribution in [3.8, 4) is 0 Å². The summed E-state index contributed by atoms with van der Waals surface area (Å²) in [5, 5.41) is 7.80. The Hall–Kier alpha value is -0.940. The van der Waals surface area contributed by atoms with Gasteiger partial charge in [0.15, 0.2) is 0 Å². The molecule has 3 atom stereocenters.